The SMILES string of the molecule is Cc1c(Cl)nc2cccc(Cl)c2c1C(N)=O. The van der Waals surface area contributed by atoms with Crippen molar-refractivity contribution in [2.75, 3.05) is 0 Å². The average molecular weight is 255 g/mol. The van der Waals surface area contributed by atoms with Gasteiger partial charge in [-0.15, -0.1) is 0 Å². The van der Waals surface area contributed by atoms with E-state index >= 15 is 0 Å². The molecule has 5 heteroatoms. The normalized spacial score (nSPS) is 10.7. The summed E-state index contributed by atoms with van der Waals surface area (Å²) in [6.45, 7) is 1.69. The molecule has 2 aromatic rings. The zero-order chi connectivity index (χ0) is 11.9. The quantitative estimate of drug-likeness (QED) is 0.796. The maximum Gasteiger partial charge on any atom is 0.249 e. The summed E-state index contributed by atoms with van der Waals surface area (Å²) in [6, 6.07) is 5.17. The number of benzene rings is 1. The highest BCUT2D eigenvalue weighted by atomic mass is 35.5. The highest BCUT2D eigenvalue weighted by Gasteiger charge is 2.16. The summed E-state index contributed by atoms with van der Waals surface area (Å²) in [5, 5.41) is 1.26. The van der Waals surface area contributed by atoms with Gasteiger partial charge in [0, 0.05) is 5.39 Å². The lowest BCUT2D eigenvalue weighted by atomic mass is 10.0. The van der Waals surface area contributed by atoms with Gasteiger partial charge in [-0.25, -0.2) is 4.98 Å². The molecule has 0 fully saturated rings. The Labute approximate surface area is 102 Å². The van der Waals surface area contributed by atoms with Gasteiger partial charge in [-0.2, -0.15) is 0 Å². The standard InChI is InChI=1S/C11H8Cl2N2O/c1-5-8(11(14)16)9-6(12)3-2-4-7(9)15-10(5)13/h2-4H,1H3,(H2,14,16). The number of amides is 1. The number of nitrogens with two attached hydrogens (primary N) is 1. The molecule has 0 bridgehead atoms. The molecular formula is C11H8Cl2N2O. The number of carbonyl (C=O) groups excluding carboxylic acids is 1. The van der Waals surface area contributed by atoms with E-state index in [1.165, 1.54) is 0 Å². The van der Waals surface area contributed by atoms with Gasteiger partial charge < -0.3 is 5.73 Å². The largest absolute Gasteiger partial charge is 0.366 e. The maximum atomic E-state index is 11.4. The molecule has 0 unspecified atom stereocenters. The summed E-state index contributed by atoms with van der Waals surface area (Å²) in [4.78, 5) is 15.6. The number of aromatic nitrogens is 1. The molecule has 0 spiro atoms. The Morgan fingerprint density at radius 2 is 2.06 bits per heavy atom. The molecule has 82 valence electrons. The van der Waals surface area contributed by atoms with Crippen LogP contribution in [0.2, 0.25) is 10.2 Å². The van der Waals surface area contributed by atoms with Crippen LogP contribution in [0.3, 0.4) is 0 Å². The van der Waals surface area contributed by atoms with Crippen LogP contribution < -0.4 is 5.73 Å². The third-order valence-corrected chi connectivity index (χ3v) is 3.07. The van der Waals surface area contributed by atoms with E-state index in [4.69, 9.17) is 28.9 Å². The van der Waals surface area contributed by atoms with Crippen molar-refractivity contribution < 1.29 is 4.79 Å². The van der Waals surface area contributed by atoms with Gasteiger partial charge in [0.15, 0.2) is 0 Å². The summed E-state index contributed by atoms with van der Waals surface area (Å²) in [7, 11) is 0. The lowest BCUT2D eigenvalue weighted by Gasteiger charge is -2.09. The molecule has 1 aromatic heterocycles. The molecule has 0 aliphatic rings. The summed E-state index contributed by atoms with van der Waals surface area (Å²) in [5.74, 6) is -0.556. The van der Waals surface area contributed by atoms with E-state index in [2.05, 4.69) is 4.98 Å². The van der Waals surface area contributed by atoms with Crippen molar-refractivity contribution in [3.05, 3.63) is 39.5 Å². The molecule has 1 heterocycles. The van der Waals surface area contributed by atoms with Crippen molar-refractivity contribution in [1.82, 2.24) is 4.98 Å². The number of carbonyl (C=O) groups is 1. The second-order valence-corrected chi connectivity index (χ2v) is 4.17. The molecule has 1 amide bonds. The van der Waals surface area contributed by atoms with Gasteiger partial charge in [-0.3, -0.25) is 4.79 Å². The minimum absolute atomic E-state index is 0.267. The highest BCUT2D eigenvalue weighted by molar-refractivity contribution is 6.37. The van der Waals surface area contributed by atoms with E-state index in [0.29, 0.717) is 27.1 Å². The van der Waals surface area contributed by atoms with Crippen LogP contribution >= 0.6 is 23.2 Å². The van der Waals surface area contributed by atoms with Crippen molar-refractivity contribution in [2.24, 2.45) is 5.73 Å². The van der Waals surface area contributed by atoms with E-state index < -0.39 is 5.91 Å². The van der Waals surface area contributed by atoms with Crippen molar-refractivity contribution in [1.29, 1.82) is 0 Å². The molecule has 0 radical (unpaired) electrons. The minimum atomic E-state index is -0.556. The van der Waals surface area contributed by atoms with Gasteiger partial charge in [-0.05, 0) is 24.6 Å². The lowest BCUT2D eigenvalue weighted by molar-refractivity contribution is 0.100. The van der Waals surface area contributed by atoms with Crippen LogP contribution in [0.25, 0.3) is 10.9 Å². The first-order valence-corrected chi connectivity index (χ1v) is 5.32. The first-order chi connectivity index (χ1) is 7.52. The molecule has 0 saturated carbocycles. The van der Waals surface area contributed by atoms with Crippen LogP contribution in [-0.2, 0) is 0 Å². The Morgan fingerprint density at radius 1 is 1.38 bits per heavy atom. The fraction of sp³-hybridized carbons (Fsp3) is 0.0909. The topological polar surface area (TPSA) is 56.0 Å². The van der Waals surface area contributed by atoms with E-state index in [-0.39, 0.29) is 5.15 Å². The summed E-state index contributed by atoms with van der Waals surface area (Å²) in [6.07, 6.45) is 0. The number of pyridine rings is 1. The summed E-state index contributed by atoms with van der Waals surface area (Å²) >= 11 is 12.0. The Kier molecular flexibility index (Phi) is 2.74. The number of nitrogens with zero attached hydrogens (tertiary/aromatic N) is 1. The van der Waals surface area contributed by atoms with Gasteiger partial charge in [0.1, 0.15) is 5.15 Å². The maximum absolute atomic E-state index is 11.4. The van der Waals surface area contributed by atoms with Crippen LogP contribution in [0.4, 0.5) is 0 Å². The third kappa shape index (κ3) is 1.62. The average Bonchev–Trinajstić information content (AvgIpc) is 2.20. The van der Waals surface area contributed by atoms with Gasteiger partial charge in [0.2, 0.25) is 5.91 Å². The van der Waals surface area contributed by atoms with Crippen LogP contribution in [-0.4, -0.2) is 10.9 Å². The zero-order valence-electron chi connectivity index (χ0n) is 8.42. The zero-order valence-corrected chi connectivity index (χ0v) is 9.93. The molecule has 0 aliphatic carbocycles. The van der Waals surface area contributed by atoms with Crippen molar-refractivity contribution in [3.63, 3.8) is 0 Å². The van der Waals surface area contributed by atoms with Crippen LogP contribution in [0.15, 0.2) is 18.2 Å². The second-order valence-electron chi connectivity index (χ2n) is 3.40. The Balaban J connectivity index is 3.03. The van der Waals surface area contributed by atoms with Crippen LogP contribution in [0, 0.1) is 6.92 Å². The van der Waals surface area contributed by atoms with Gasteiger partial charge in [0.05, 0.1) is 16.1 Å². The Morgan fingerprint density at radius 3 is 2.69 bits per heavy atom. The number of primary amides is 1. The molecule has 0 aliphatic heterocycles. The van der Waals surface area contributed by atoms with E-state index in [1.807, 2.05) is 0 Å². The summed E-state index contributed by atoms with van der Waals surface area (Å²) < 4.78 is 0. The van der Waals surface area contributed by atoms with E-state index in [9.17, 15) is 4.79 Å². The lowest BCUT2D eigenvalue weighted by Crippen LogP contribution is -2.14. The molecule has 16 heavy (non-hydrogen) atoms. The van der Waals surface area contributed by atoms with Crippen molar-refractivity contribution in [2.45, 2.75) is 6.92 Å². The molecule has 3 nitrogen and oxygen atoms in total. The van der Waals surface area contributed by atoms with Gasteiger partial charge in [-0.1, -0.05) is 29.3 Å². The van der Waals surface area contributed by atoms with E-state index in [0.717, 1.165) is 0 Å². The molecular weight excluding hydrogens is 247 g/mol. The first kappa shape index (κ1) is 11.2. The predicted octanol–water partition coefficient (Wildman–Crippen LogP) is 2.95. The highest BCUT2D eigenvalue weighted by Crippen LogP contribution is 2.30. The van der Waals surface area contributed by atoms with Crippen molar-refractivity contribution >= 4 is 40.0 Å². The number of halogens is 2. The number of fused-ring (bicyclic) bond motifs is 1. The monoisotopic (exact) mass is 254 g/mol. The fourth-order valence-electron chi connectivity index (χ4n) is 1.64. The van der Waals surface area contributed by atoms with Gasteiger partial charge >= 0.3 is 0 Å². The molecule has 2 N–H and O–H groups in total. The van der Waals surface area contributed by atoms with E-state index in [1.54, 1.807) is 25.1 Å². The first-order valence-electron chi connectivity index (χ1n) is 4.56. The second kappa shape index (κ2) is 3.92. The minimum Gasteiger partial charge on any atom is -0.366 e. The fourth-order valence-corrected chi connectivity index (χ4v) is 2.09. The smallest absolute Gasteiger partial charge is 0.249 e. The van der Waals surface area contributed by atoms with Crippen LogP contribution in [0.1, 0.15) is 15.9 Å². The predicted molar refractivity (Wildman–Crippen MR) is 65.0 cm³/mol. The summed E-state index contributed by atoms with van der Waals surface area (Å²) in [5.41, 5.74) is 6.79. The number of rotatable bonds is 1. The molecule has 0 saturated heterocycles. The Hall–Kier alpha value is -1.32. The van der Waals surface area contributed by atoms with Crippen molar-refractivity contribution in [3.8, 4) is 0 Å². The number of hydrogen-bond acceptors (Lipinski definition) is 2. The molecule has 2 rings (SSSR count). The van der Waals surface area contributed by atoms with Gasteiger partial charge in [0.25, 0.3) is 0 Å². The molecule has 0 atom stereocenters. The number of hydrogen-bond donors (Lipinski definition) is 1. The van der Waals surface area contributed by atoms with Crippen LogP contribution in [0.5, 0.6) is 0 Å². The Bertz CT molecular complexity index is 596. The molecule has 1 aromatic carbocycles. The third-order valence-electron chi connectivity index (χ3n) is 2.39.